The van der Waals surface area contributed by atoms with Crippen molar-refractivity contribution in [1.29, 1.82) is 0 Å². The highest BCUT2D eigenvalue weighted by atomic mass is 16.4. The fourth-order valence-corrected chi connectivity index (χ4v) is 5.59. The highest BCUT2D eigenvalue weighted by Gasteiger charge is 2.34. The van der Waals surface area contributed by atoms with Crippen LogP contribution in [0, 0.1) is 23.7 Å². The lowest BCUT2D eigenvalue weighted by Crippen LogP contribution is -2.50. The highest BCUT2D eigenvalue weighted by Crippen LogP contribution is 2.39. The molecule has 0 saturated carbocycles. The van der Waals surface area contributed by atoms with Crippen LogP contribution in [0.25, 0.3) is 11.5 Å². The summed E-state index contributed by atoms with van der Waals surface area (Å²) in [5.74, 6) is 3.70. The minimum absolute atomic E-state index is 0.190. The van der Waals surface area contributed by atoms with E-state index in [-0.39, 0.29) is 5.91 Å². The number of amides is 1. The Bertz CT molecular complexity index is 1020. The maximum absolute atomic E-state index is 11.7. The van der Waals surface area contributed by atoms with Crippen LogP contribution in [0.3, 0.4) is 0 Å². The van der Waals surface area contributed by atoms with Crippen LogP contribution < -0.4 is 4.90 Å². The second kappa shape index (κ2) is 10.9. The van der Waals surface area contributed by atoms with E-state index in [2.05, 4.69) is 59.0 Å². The second-order valence-corrected chi connectivity index (χ2v) is 10.9. The average molecular weight is 480 g/mol. The number of hydrogen-bond acceptors (Lipinski definition) is 6. The van der Waals surface area contributed by atoms with Crippen molar-refractivity contribution in [3.8, 4) is 11.5 Å². The first-order chi connectivity index (χ1) is 16.7. The van der Waals surface area contributed by atoms with Crippen molar-refractivity contribution < 1.29 is 9.21 Å². The SMILES string of the molecule is CC(=O)N1CCN(C[C@@H]2C=C(C)[C@H](Cc3nnc(-c4ccc(N(C)C)cc4)o3)C[C@H]2C(C)C)CC1. The van der Waals surface area contributed by atoms with Crippen molar-refractivity contribution >= 4 is 11.6 Å². The van der Waals surface area contributed by atoms with Crippen LogP contribution in [0.2, 0.25) is 0 Å². The van der Waals surface area contributed by atoms with Gasteiger partial charge < -0.3 is 14.2 Å². The molecule has 1 saturated heterocycles. The summed E-state index contributed by atoms with van der Waals surface area (Å²) in [6.45, 7) is 13.3. The van der Waals surface area contributed by atoms with Crippen LogP contribution in [0.5, 0.6) is 0 Å². The molecule has 1 aromatic heterocycles. The summed E-state index contributed by atoms with van der Waals surface area (Å²) < 4.78 is 6.09. The Hall–Kier alpha value is -2.67. The van der Waals surface area contributed by atoms with Crippen LogP contribution in [0.15, 0.2) is 40.3 Å². The predicted molar refractivity (Wildman–Crippen MR) is 140 cm³/mol. The van der Waals surface area contributed by atoms with Gasteiger partial charge in [0.1, 0.15) is 0 Å². The number of rotatable bonds is 7. The molecule has 190 valence electrons. The van der Waals surface area contributed by atoms with E-state index < -0.39 is 0 Å². The van der Waals surface area contributed by atoms with Crippen LogP contribution in [-0.4, -0.2) is 72.7 Å². The molecule has 1 aromatic carbocycles. The van der Waals surface area contributed by atoms with Crippen LogP contribution in [-0.2, 0) is 11.2 Å². The third-order valence-corrected chi connectivity index (χ3v) is 7.89. The minimum Gasteiger partial charge on any atom is -0.421 e. The van der Waals surface area contributed by atoms with Crippen molar-refractivity contribution in [2.24, 2.45) is 23.7 Å². The molecule has 4 rings (SSSR count). The topological polar surface area (TPSA) is 65.7 Å². The third-order valence-electron chi connectivity index (χ3n) is 7.89. The molecule has 7 nitrogen and oxygen atoms in total. The van der Waals surface area contributed by atoms with Crippen molar-refractivity contribution in [2.75, 3.05) is 51.7 Å². The zero-order chi connectivity index (χ0) is 25.1. The lowest BCUT2D eigenvalue weighted by atomic mass is 9.69. The normalized spacial score (nSPS) is 23.5. The molecule has 1 aliphatic heterocycles. The molecule has 35 heavy (non-hydrogen) atoms. The molecule has 1 amide bonds. The number of piperazine rings is 1. The van der Waals surface area contributed by atoms with Crippen molar-refractivity contribution in [3.63, 3.8) is 0 Å². The van der Waals surface area contributed by atoms with Gasteiger partial charge in [0.15, 0.2) is 0 Å². The molecule has 3 atom stereocenters. The van der Waals surface area contributed by atoms with Gasteiger partial charge >= 0.3 is 0 Å². The molecule has 0 unspecified atom stereocenters. The van der Waals surface area contributed by atoms with Gasteiger partial charge in [0, 0.05) is 71.4 Å². The van der Waals surface area contributed by atoms with Crippen LogP contribution >= 0.6 is 0 Å². The number of anilines is 1. The number of benzene rings is 1. The van der Waals surface area contributed by atoms with Gasteiger partial charge in [-0.05, 0) is 61.3 Å². The molecule has 2 heterocycles. The molecular formula is C28H41N5O2. The fraction of sp³-hybridized carbons (Fsp3) is 0.607. The van der Waals surface area contributed by atoms with Gasteiger partial charge in [0.05, 0.1) is 0 Å². The summed E-state index contributed by atoms with van der Waals surface area (Å²) >= 11 is 0. The molecule has 7 heteroatoms. The Balaban J connectivity index is 1.41. The molecule has 0 N–H and O–H groups in total. The van der Waals surface area contributed by atoms with E-state index in [4.69, 9.17) is 4.42 Å². The minimum atomic E-state index is 0.190. The van der Waals surface area contributed by atoms with E-state index in [1.807, 2.05) is 31.1 Å². The van der Waals surface area contributed by atoms with Gasteiger partial charge in [-0.3, -0.25) is 9.69 Å². The maximum Gasteiger partial charge on any atom is 0.247 e. The molecule has 0 bridgehead atoms. The summed E-state index contributed by atoms with van der Waals surface area (Å²) in [6, 6.07) is 8.21. The van der Waals surface area contributed by atoms with Gasteiger partial charge in [-0.25, -0.2) is 0 Å². The molecular weight excluding hydrogens is 438 g/mol. The first-order valence-electron chi connectivity index (χ1n) is 13.0. The quantitative estimate of drug-likeness (QED) is 0.550. The standard InChI is InChI=1S/C28H41N5O2/c1-19(2)26-16-23(20(3)15-24(26)18-32-11-13-33(14-12-32)21(4)34)17-27-29-30-28(35-27)22-7-9-25(10-8-22)31(5)6/h7-10,15,19,23-24,26H,11-14,16-18H2,1-6H3/t23-,24-,26-/m0/s1. The molecule has 0 spiro atoms. The molecule has 0 radical (unpaired) electrons. The Morgan fingerprint density at radius 1 is 1.11 bits per heavy atom. The van der Waals surface area contributed by atoms with Gasteiger partial charge in [-0.1, -0.05) is 25.5 Å². The first-order valence-corrected chi connectivity index (χ1v) is 13.0. The van der Waals surface area contributed by atoms with E-state index in [1.165, 1.54) is 5.57 Å². The van der Waals surface area contributed by atoms with E-state index in [9.17, 15) is 4.79 Å². The lowest BCUT2D eigenvalue weighted by Gasteiger charge is -2.41. The number of nitrogens with zero attached hydrogens (tertiary/aromatic N) is 5. The van der Waals surface area contributed by atoms with E-state index >= 15 is 0 Å². The first kappa shape index (κ1) is 25.4. The monoisotopic (exact) mass is 479 g/mol. The Morgan fingerprint density at radius 2 is 1.80 bits per heavy atom. The van der Waals surface area contributed by atoms with E-state index in [0.717, 1.165) is 62.7 Å². The third kappa shape index (κ3) is 6.13. The summed E-state index contributed by atoms with van der Waals surface area (Å²) in [5.41, 5.74) is 3.53. The number of hydrogen-bond donors (Lipinski definition) is 0. The number of allylic oxidation sites excluding steroid dienone is 1. The molecule has 2 aliphatic rings. The number of aromatic nitrogens is 2. The number of carbonyl (C=O) groups excluding carboxylic acids is 1. The molecule has 1 fully saturated rings. The van der Waals surface area contributed by atoms with E-state index in [0.29, 0.717) is 29.6 Å². The van der Waals surface area contributed by atoms with Crippen molar-refractivity contribution in [1.82, 2.24) is 20.0 Å². The molecule has 1 aliphatic carbocycles. The second-order valence-electron chi connectivity index (χ2n) is 10.9. The van der Waals surface area contributed by atoms with E-state index in [1.54, 1.807) is 6.92 Å². The highest BCUT2D eigenvalue weighted by molar-refractivity contribution is 5.73. The average Bonchev–Trinajstić information content (AvgIpc) is 3.29. The predicted octanol–water partition coefficient (Wildman–Crippen LogP) is 4.36. The van der Waals surface area contributed by atoms with Crippen molar-refractivity contribution in [3.05, 3.63) is 41.8 Å². The van der Waals surface area contributed by atoms with Crippen molar-refractivity contribution in [2.45, 2.75) is 40.5 Å². The fourth-order valence-electron chi connectivity index (χ4n) is 5.59. The Morgan fingerprint density at radius 3 is 2.40 bits per heavy atom. The smallest absolute Gasteiger partial charge is 0.247 e. The largest absolute Gasteiger partial charge is 0.421 e. The van der Waals surface area contributed by atoms with Gasteiger partial charge in [0.2, 0.25) is 17.7 Å². The zero-order valence-corrected chi connectivity index (χ0v) is 22.2. The summed E-state index contributed by atoms with van der Waals surface area (Å²) in [6.07, 6.45) is 4.44. The lowest BCUT2D eigenvalue weighted by molar-refractivity contribution is -0.130. The Labute approximate surface area is 210 Å². The summed E-state index contributed by atoms with van der Waals surface area (Å²) in [7, 11) is 4.06. The van der Waals surface area contributed by atoms with Gasteiger partial charge in [0.25, 0.3) is 0 Å². The van der Waals surface area contributed by atoms with Gasteiger partial charge in [-0.15, -0.1) is 10.2 Å². The maximum atomic E-state index is 11.7. The van der Waals surface area contributed by atoms with Crippen LogP contribution in [0.4, 0.5) is 5.69 Å². The van der Waals surface area contributed by atoms with Gasteiger partial charge in [-0.2, -0.15) is 0 Å². The zero-order valence-electron chi connectivity index (χ0n) is 22.2. The summed E-state index contributed by atoms with van der Waals surface area (Å²) in [5, 5.41) is 8.72. The Kier molecular flexibility index (Phi) is 7.95. The number of carbonyl (C=O) groups is 1. The summed E-state index contributed by atoms with van der Waals surface area (Å²) in [4.78, 5) is 18.2. The molecule has 2 aromatic rings. The van der Waals surface area contributed by atoms with Crippen LogP contribution in [0.1, 0.15) is 40.0 Å².